The van der Waals surface area contributed by atoms with Crippen LogP contribution in [0.2, 0.25) is 0 Å². The molecule has 0 N–H and O–H groups in total. The van der Waals surface area contributed by atoms with Crippen molar-refractivity contribution in [2.45, 2.75) is 26.7 Å². The normalized spacial score (nSPS) is 8.18. The zero-order valence-electron chi connectivity index (χ0n) is 6.85. The molecule has 0 aromatic heterocycles. The second kappa shape index (κ2) is 8.12. The van der Waals surface area contributed by atoms with Crippen LogP contribution in [0.4, 0.5) is 0 Å². The molecular formula is C7H12O3Zr. The number of ketones is 1. The van der Waals surface area contributed by atoms with E-state index in [2.05, 4.69) is 4.74 Å². The molecule has 0 saturated carbocycles. The van der Waals surface area contributed by atoms with E-state index in [1.807, 2.05) is 6.92 Å². The summed E-state index contributed by atoms with van der Waals surface area (Å²) in [4.78, 5) is 20.9. The molecule has 0 aliphatic carbocycles. The summed E-state index contributed by atoms with van der Waals surface area (Å²) in [5.41, 5.74) is 0. The van der Waals surface area contributed by atoms with E-state index in [-0.39, 0.29) is 38.4 Å². The molecule has 62 valence electrons. The van der Waals surface area contributed by atoms with E-state index in [0.29, 0.717) is 6.61 Å². The van der Waals surface area contributed by atoms with Gasteiger partial charge in [0.25, 0.3) is 0 Å². The maximum Gasteiger partial charge on any atom is 0.313 e. The van der Waals surface area contributed by atoms with Gasteiger partial charge in [-0.2, -0.15) is 0 Å². The molecule has 0 spiro atoms. The van der Waals surface area contributed by atoms with E-state index in [0.717, 1.165) is 6.42 Å². The van der Waals surface area contributed by atoms with E-state index in [1.54, 1.807) is 0 Å². The first kappa shape index (κ1) is 13.6. The molecular weight excluding hydrogens is 223 g/mol. The largest absolute Gasteiger partial charge is 0.465 e. The van der Waals surface area contributed by atoms with Gasteiger partial charge < -0.3 is 4.74 Å². The van der Waals surface area contributed by atoms with Crippen molar-refractivity contribution in [2.24, 2.45) is 0 Å². The Morgan fingerprint density at radius 3 is 2.27 bits per heavy atom. The molecule has 0 radical (unpaired) electrons. The molecule has 0 atom stereocenters. The molecule has 0 aromatic carbocycles. The second-order valence-corrected chi connectivity index (χ2v) is 2.10. The van der Waals surface area contributed by atoms with E-state index in [1.165, 1.54) is 6.92 Å². The van der Waals surface area contributed by atoms with Gasteiger partial charge in [0.15, 0.2) is 0 Å². The minimum absolute atomic E-state index is 0. The first-order chi connectivity index (χ1) is 4.66. The van der Waals surface area contributed by atoms with Crippen LogP contribution >= 0.6 is 0 Å². The Bertz CT molecular complexity index is 134. The number of carbonyl (C=O) groups excluding carboxylic acids is 2. The smallest absolute Gasteiger partial charge is 0.313 e. The van der Waals surface area contributed by atoms with Crippen LogP contribution in [0.15, 0.2) is 0 Å². The quantitative estimate of drug-likeness (QED) is 0.537. The van der Waals surface area contributed by atoms with Crippen LogP contribution < -0.4 is 0 Å². The average Bonchev–Trinajstić information content (AvgIpc) is 1.82. The van der Waals surface area contributed by atoms with Crippen molar-refractivity contribution in [3.8, 4) is 0 Å². The Labute approximate surface area is 85.6 Å². The van der Waals surface area contributed by atoms with Crippen molar-refractivity contribution in [1.29, 1.82) is 0 Å². The molecule has 3 nitrogen and oxygen atoms in total. The Morgan fingerprint density at radius 2 is 1.91 bits per heavy atom. The van der Waals surface area contributed by atoms with Crippen molar-refractivity contribution in [1.82, 2.24) is 0 Å². The summed E-state index contributed by atoms with van der Waals surface area (Å²) < 4.78 is 4.64. The molecule has 0 fully saturated rings. The third-order valence-electron chi connectivity index (χ3n) is 0.860. The summed E-state index contributed by atoms with van der Waals surface area (Å²) in [5.74, 6) is -0.574. The number of hydrogen-bond donors (Lipinski definition) is 0. The first-order valence-electron chi connectivity index (χ1n) is 3.32. The summed E-state index contributed by atoms with van der Waals surface area (Å²) in [6, 6.07) is 0. The molecule has 0 aliphatic rings. The Hall–Kier alpha value is 0.0231. The standard InChI is InChI=1S/C7H12O3.Zr/c1-3-4-10-7(9)5-6(2)8;/h3-5H2,1-2H3;. The fourth-order valence-electron chi connectivity index (χ4n) is 0.470. The van der Waals surface area contributed by atoms with E-state index < -0.39 is 5.97 Å². The predicted molar refractivity (Wildman–Crippen MR) is 36.5 cm³/mol. The van der Waals surface area contributed by atoms with Crippen molar-refractivity contribution in [2.75, 3.05) is 6.61 Å². The van der Waals surface area contributed by atoms with Gasteiger partial charge >= 0.3 is 5.97 Å². The molecule has 0 bridgehead atoms. The number of rotatable bonds is 4. The molecule has 11 heavy (non-hydrogen) atoms. The van der Waals surface area contributed by atoms with Crippen LogP contribution in [0.3, 0.4) is 0 Å². The minimum atomic E-state index is -0.422. The van der Waals surface area contributed by atoms with Gasteiger partial charge in [0.1, 0.15) is 12.2 Å². The third kappa shape index (κ3) is 10.0. The number of esters is 1. The van der Waals surface area contributed by atoms with E-state index in [4.69, 9.17) is 0 Å². The second-order valence-electron chi connectivity index (χ2n) is 2.10. The number of Topliss-reactive ketones (excluding diaryl/α,β-unsaturated/α-hetero) is 1. The number of carbonyl (C=O) groups is 2. The molecule has 0 aliphatic heterocycles. The fraction of sp³-hybridized carbons (Fsp3) is 0.714. The monoisotopic (exact) mass is 234 g/mol. The molecule has 0 unspecified atom stereocenters. The van der Waals surface area contributed by atoms with Gasteiger partial charge in [-0.15, -0.1) is 0 Å². The van der Waals surface area contributed by atoms with Gasteiger partial charge in [0.2, 0.25) is 0 Å². The Kier molecular flexibility index (Phi) is 10.0. The molecule has 0 rings (SSSR count). The maximum atomic E-state index is 10.6. The van der Waals surface area contributed by atoms with Gasteiger partial charge in [0, 0.05) is 26.2 Å². The van der Waals surface area contributed by atoms with Gasteiger partial charge in [-0.3, -0.25) is 9.59 Å². The summed E-state index contributed by atoms with van der Waals surface area (Å²) in [6.07, 6.45) is 0.698. The molecule has 0 amide bonds. The van der Waals surface area contributed by atoms with Crippen LogP contribution in [0.25, 0.3) is 0 Å². The number of hydrogen-bond acceptors (Lipinski definition) is 3. The van der Waals surface area contributed by atoms with Crippen LogP contribution in [-0.4, -0.2) is 18.4 Å². The Morgan fingerprint density at radius 1 is 1.36 bits per heavy atom. The van der Waals surface area contributed by atoms with Crippen LogP contribution in [-0.2, 0) is 40.5 Å². The van der Waals surface area contributed by atoms with Gasteiger partial charge in [-0.1, -0.05) is 6.92 Å². The summed E-state index contributed by atoms with van der Waals surface area (Å²) in [7, 11) is 0. The number of ether oxygens (including phenoxy) is 1. The van der Waals surface area contributed by atoms with Crippen molar-refractivity contribution in [3.05, 3.63) is 0 Å². The Balaban J connectivity index is 0. The van der Waals surface area contributed by atoms with E-state index >= 15 is 0 Å². The van der Waals surface area contributed by atoms with Crippen molar-refractivity contribution >= 4 is 11.8 Å². The van der Waals surface area contributed by atoms with Crippen LogP contribution in [0.5, 0.6) is 0 Å². The van der Waals surface area contributed by atoms with Gasteiger partial charge in [-0.25, -0.2) is 0 Å². The predicted octanol–water partition coefficient (Wildman–Crippen LogP) is 0.916. The summed E-state index contributed by atoms with van der Waals surface area (Å²) in [5, 5.41) is 0. The minimum Gasteiger partial charge on any atom is -0.465 e. The average molecular weight is 235 g/mol. The molecule has 0 heterocycles. The van der Waals surface area contributed by atoms with E-state index in [9.17, 15) is 9.59 Å². The summed E-state index contributed by atoms with van der Waals surface area (Å²) in [6.45, 7) is 3.68. The van der Waals surface area contributed by atoms with Crippen molar-refractivity contribution in [3.63, 3.8) is 0 Å². The summed E-state index contributed by atoms with van der Waals surface area (Å²) >= 11 is 0. The van der Waals surface area contributed by atoms with Crippen LogP contribution in [0, 0.1) is 0 Å². The molecule has 0 aromatic rings. The van der Waals surface area contributed by atoms with Crippen molar-refractivity contribution < 1.29 is 40.5 Å². The zero-order chi connectivity index (χ0) is 7.98. The zero-order valence-corrected chi connectivity index (χ0v) is 9.30. The van der Waals surface area contributed by atoms with Gasteiger partial charge in [-0.05, 0) is 13.3 Å². The fourth-order valence-corrected chi connectivity index (χ4v) is 0.470. The molecule has 0 saturated heterocycles. The first-order valence-corrected chi connectivity index (χ1v) is 3.32. The third-order valence-corrected chi connectivity index (χ3v) is 0.860. The van der Waals surface area contributed by atoms with Crippen LogP contribution in [0.1, 0.15) is 26.7 Å². The molecule has 4 heteroatoms. The maximum absolute atomic E-state index is 10.6. The van der Waals surface area contributed by atoms with Gasteiger partial charge in [0.05, 0.1) is 6.61 Å². The SMILES string of the molecule is CCCOC(=O)CC(C)=O.[Zr]. The topological polar surface area (TPSA) is 43.4 Å².